The Labute approximate surface area is 43.1 Å². The van der Waals surface area contributed by atoms with E-state index >= 15 is 0 Å². The lowest BCUT2D eigenvalue weighted by molar-refractivity contribution is 0.615. The van der Waals surface area contributed by atoms with Crippen LogP contribution in [0.25, 0.3) is 0 Å². The van der Waals surface area contributed by atoms with E-state index in [1.807, 2.05) is 0 Å². The molecule has 0 bridgehead atoms. The van der Waals surface area contributed by atoms with Crippen LogP contribution in [0.3, 0.4) is 0 Å². The topological polar surface area (TPSA) is 34.1 Å². The van der Waals surface area contributed by atoms with Gasteiger partial charge in [0.15, 0.2) is 0 Å². The molecule has 6 heavy (non-hydrogen) atoms. The first kappa shape index (κ1) is 6.47. The van der Waals surface area contributed by atoms with Crippen molar-refractivity contribution in [1.82, 2.24) is 0 Å². The van der Waals surface area contributed by atoms with Crippen molar-refractivity contribution in [2.75, 3.05) is 6.26 Å². The highest BCUT2D eigenvalue weighted by Gasteiger charge is 1.88. The first-order valence-electron chi connectivity index (χ1n) is 1.11. The molecule has 5 heteroatoms. The SMILES string of the molecule is CS(=O)(=O)P=S. The molecule has 0 aromatic carbocycles. The molecule has 0 saturated heterocycles. The fraction of sp³-hybridized carbons (Fsp3) is 1.00. The summed E-state index contributed by atoms with van der Waals surface area (Å²) < 4.78 is 19.8. The fourth-order valence-electron chi connectivity index (χ4n) is 0. The monoisotopic (exact) mass is 142 g/mol. The summed E-state index contributed by atoms with van der Waals surface area (Å²) in [6.07, 6.45) is 1.10. The first-order valence-corrected chi connectivity index (χ1v) is 5.51. The average Bonchev–Trinajstić information content (AvgIpc) is 1.35. The predicted octanol–water partition coefficient (Wildman–Crippen LogP) is 0.354. The van der Waals surface area contributed by atoms with Crippen LogP contribution < -0.4 is 0 Å². The van der Waals surface area contributed by atoms with Crippen molar-refractivity contribution in [2.24, 2.45) is 0 Å². The molecule has 36 valence electrons. The van der Waals surface area contributed by atoms with Gasteiger partial charge < -0.3 is 0 Å². The molecule has 0 atom stereocenters. The van der Waals surface area contributed by atoms with Crippen molar-refractivity contribution in [3.63, 3.8) is 0 Å². The van der Waals surface area contributed by atoms with Gasteiger partial charge in [0, 0.05) is 6.26 Å². The van der Waals surface area contributed by atoms with E-state index in [4.69, 9.17) is 0 Å². The van der Waals surface area contributed by atoms with E-state index in [9.17, 15) is 8.42 Å². The van der Waals surface area contributed by atoms with Gasteiger partial charge in [-0.2, -0.15) is 0 Å². The van der Waals surface area contributed by atoms with E-state index in [1.54, 1.807) is 0 Å². The highest BCUT2D eigenvalue weighted by atomic mass is 32.9. The van der Waals surface area contributed by atoms with E-state index in [1.165, 1.54) is 0 Å². The van der Waals surface area contributed by atoms with Crippen LogP contribution >= 0.6 is 6.56 Å². The molecule has 0 rings (SSSR count). The second-order valence-corrected chi connectivity index (χ2v) is 6.20. The van der Waals surface area contributed by atoms with Gasteiger partial charge in [-0.25, -0.2) is 8.42 Å². The molecule has 0 spiro atoms. The van der Waals surface area contributed by atoms with Crippen molar-refractivity contribution in [3.05, 3.63) is 0 Å². The molecular formula is CH3O2PS2. The largest absolute Gasteiger partial charge is 0.219 e. The molecule has 0 aliphatic heterocycles. The Bertz CT molecular complexity index is 122. The van der Waals surface area contributed by atoms with Gasteiger partial charge >= 0.3 is 0 Å². The molecule has 0 aromatic heterocycles. The maximum absolute atomic E-state index is 9.88. The van der Waals surface area contributed by atoms with Gasteiger partial charge in [0.2, 0.25) is 9.46 Å². The van der Waals surface area contributed by atoms with Crippen molar-refractivity contribution in [2.45, 2.75) is 0 Å². The summed E-state index contributed by atoms with van der Waals surface area (Å²) in [5, 5.41) is 0. The van der Waals surface area contributed by atoms with Crippen LogP contribution in [0.15, 0.2) is 0 Å². The van der Waals surface area contributed by atoms with E-state index in [-0.39, 0.29) is 6.56 Å². The minimum Gasteiger partial charge on any atom is -0.219 e. The van der Waals surface area contributed by atoms with Crippen molar-refractivity contribution < 1.29 is 8.42 Å². The molecule has 0 aromatic rings. The summed E-state index contributed by atoms with van der Waals surface area (Å²) in [6.45, 7) is 0.0301. The molecule has 0 amide bonds. The van der Waals surface area contributed by atoms with Crippen LogP contribution in [0.2, 0.25) is 0 Å². The Morgan fingerprint density at radius 2 is 1.83 bits per heavy atom. The van der Waals surface area contributed by atoms with Crippen LogP contribution in [0, 0.1) is 0 Å². The molecule has 2 nitrogen and oxygen atoms in total. The molecule has 0 fully saturated rings. The second-order valence-electron chi connectivity index (χ2n) is 0.808. The molecule has 0 radical (unpaired) electrons. The number of rotatable bonds is 1. The summed E-state index contributed by atoms with van der Waals surface area (Å²) in [4.78, 5) is 0. The van der Waals surface area contributed by atoms with Gasteiger partial charge in [0.1, 0.15) is 6.56 Å². The lowest BCUT2D eigenvalue weighted by Crippen LogP contribution is -1.77. The zero-order chi connectivity index (χ0) is 5.21. The third kappa shape index (κ3) is 4.47. The Morgan fingerprint density at radius 3 is 1.83 bits per heavy atom. The van der Waals surface area contributed by atoms with Crippen LogP contribution in [0.1, 0.15) is 0 Å². The summed E-state index contributed by atoms with van der Waals surface area (Å²) in [6, 6.07) is 0. The van der Waals surface area contributed by atoms with Gasteiger partial charge in [-0.1, -0.05) is 0 Å². The van der Waals surface area contributed by atoms with E-state index < -0.39 is 9.46 Å². The summed E-state index contributed by atoms with van der Waals surface area (Å²) >= 11 is 4.17. The Hall–Kier alpha value is 0.470. The van der Waals surface area contributed by atoms with E-state index in [0.717, 1.165) is 6.26 Å². The van der Waals surface area contributed by atoms with E-state index in [2.05, 4.69) is 11.8 Å². The average molecular weight is 142 g/mol. The van der Waals surface area contributed by atoms with Crippen molar-refractivity contribution >= 4 is 27.8 Å². The van der Waals surface area contributed by atoms with Crippen LogP contribution in [-0.2, 0) is 21.3 Å². The third-order valence-electron chi connectivity index (χ3n) is 0.135. The molecule has 0 unspecified atom stereocenters. The van der Waals surface area contributed by atoms with Crippen LogP contribution in [-0.4, -0.2) is 14.7 Å². The second kappa shape index (κ2) is 1.96. The maximum Gasteiger partial charge on any atom is 0.200 e. The number of hydrogen-bond donors (Lipinski definition) is 0. The molecular weight excluding hydrogens is 139 g/mol. The Morgan fingerprint density at radius 1 is 1.67 bits per heavy atom. The highest BCUT2D eigenvalue weighted by molar-refractivity contribution is 8.52. The fourth-order valence-corrected chi connectivity index (χ4v) is 0. The Kier molecular flexibility index (Phi) is 2.11. The first-order chi connectivity index (χ1) is 2.56. The van der Waals surface area contributed by atoms with Gasteiger partial charge in [0.05, 0.1) is 0 Å². The Balaban J connectivity index is 4.25. The molecule has 0 heterocycles. The van der Waals surface area contributed by atoms with Crippen molar-refractivity contribution in [3.8, 4) is 0 Å². The zero-order valence-corrected chi connectivity index (χ0v) is 5.61. The summed E-state index contributed by atoms with van der Waals surface area (Å²) in [5.74, 6) is 0. The van der Waals surface area contributed by atoms with Crippen LogP contribution in [0.5, 0.6) is 0 Å². The summed E-state index contributed by atoms with van der Waals surface area (Å²) in [5.41, 5.74) is 0. The molecule has 0 aliphatic rings. The highest BCUT2D eigenvalue weighted by Crippen LogP contribution is 2.00. The molecule has 0 aliphatic carbocycles. The quantitative estimate of drug-likeness (QED) is 0.495. The third-order valence-corrected chi connectivity index (χ3v) is 3.66. The maximum atomic E-state index is 9.88. The van der Waals surface area contributed by atoms with Crippen LogP contribution in [0.4, 0.5) is 0 Å². The van der Waals surface area contributed by atoms with Gasteiger partial charge in [-0.3, -0.25) is 0 Å². The predicted molar refractivity (Wildman–Crippen MR) is 29.1 cm³/mol. The minimum absolute atomic E-state index is 0.0301. The zero-order valence-electron chi connectivity index (χ0n) is 3.08. The van der Waals surface area contributed by atoms with Gasteiger partial charge in [0.25, 0.3) is 0 Å². The minimum atomic E-state index is -2.88. The normalized spacial score (nSPS) is 12.2. The molecule has 0 saturated carbocycles. The summed E-state index contributed by atoms with van der Waals surface area (Å²) in [7, 11) is -2.88. The lowest BCUT2D eigenvalue weighted by atomic mass is 12.0. The number of hydrogen-bond acceptors (Lipinski definition) is 3. The van der Waals surface area contributed by atoms with Gasteiger partial charge in [-0.05, 0) is 11.8 Å². The van der Waals surface area contributed by atoms with Gasteiger partial charge in [-0.15, -0.1) is 0 Å². The molecule has 0 N–H and O–H groups in total. The lowest BCUT2D eigenvalue weighted by Gasteiger charge is -1.70. The van der Waals surface area contributed by atoms with E-state index in [0.29, 0.717) is 0 Å². The standard InChI is InChI=1S/CH3O2PS2/c1-6(2,3)4-5/h1H3. The van der Waals surface area contributed by atoms with Crippen molar-refractivity contribution in [1.29, 1.82) is 0 Å². The smallest absolute Gasteiger partial charge is 0.200 e.